The summed E-state index contributed by atoms with van der Waals surface area (Å²) in [5.41, 5.74) is -1.21. The van der Waals surface area contributed by atoms with E-state index in [1.807, 2.05) is 0 Å². The minimum absolute atomic E-state index is 0.0119. The molecule has 9 heteroatoms. The van der Waals surface area contributed by atoms with Gasteiger partial charge >= 0.3 is 6.18 Å². The fourth-order valence-electron chi connectivity index (χ4n) is 2.10. The van der Waals surface area contributed by atoms with Gasteiger partial charge in [-0.1, -0.05) is 0 Å². The number of hydrogen-bond acceptors (Lipinski definition) is 3. The smallest absolute Gasteiger partial charge is 0.313 e. The monoisotopic (exact) mass is 326 g/mol. The lowest BCUT2D eigenvalue weighted by Gasteiger charge is -2.14. The Balaban J connectivity index is 2.22. The average Bonchev–Trinajstić information content (AvgIpc) is 2.88. The number of rotatable bonds is 4. The Kier molecular flexibility index (Phi) is 4.54. The van der Waals surface area contributed by atoms with E-state index in [0.717, 1.165) is 19.4 Å². The molecular weight excluding hydrogens is 312 g/mol. The van der Waals surface area contributed by atoms with Crippen LogP contribution >= 0.6 is 0 Å². The number of sulfonamides is 1. The van der Waals surface area contributed by atoms with Crippen molar-refractivity contribution in [2.45, 2.75) is 30.0 Å². The molecule has 0 spiro atoms. The lowest BCUT2D eigenvalue weighted by molar-refractivity contribution is -0.137. The molecule has 0 aliphatic carbocycles. The number of nitrogens with one attached hydrogen (secondary N) is 2. The zero-order valence-corrected chi connectivity index (χ0v) is 11.7. The maximum Gasteiger partial charge on any atom is 0.416 e. The molecule has 1 heterocycles. The molecule has 1 saturated heterocycles. The second-order valence-corrected chi connectivity index (χ2v) is 6.52. The summed E-state index contributed by atoms with van der Waals surface area (Å²) in [5.74, 6) is -1.21. The summed E-state index contributed by atoms with van der Waals surface area (Å²) < 4.78 is 77.3. The highest BCUT2D eigenvalue weighted by Gasteiger charge is 2.33. The van der Waals surface area contributed by atoms with Crippen LogP contribution < -0.4 is 10.0 Å². The van der Waals surface area contributed by atoms with Gasteiger partial charge in [-0.2, -0.15) is 13.2 Å². The molecule has 21 heavy (non-hydrogen) atoms. The first kappa shape index (κ1) is 16.2. The van der Waals surface area contributed by atoms with Crippen molar-refractivity contribution < 1.29 is 26.0 Å². The third kappa shape index (κ3) is 3.92. The van der Waals surface area contributed by atoms with Gasteiger partial charge < -0.3 is 5.32 Å². The van der Waals surface area contributed by atoms with Crippen LogP contribution in [0.3, 0.4) is 0 Å². The summed E-state index contributed by atoms with van der Waals surface area (Å²) in [6.07, 6.45) is -3.08. The summed E-state index contributed by atoms with van der Waals surface area (Å²) in [4.78, 5) is -0.990. The van der Waals surface area contributed by atoms with Crippen LogP contribution in [-0.4, -0.2) is 27.5 Å². The van der Waals surface area contributed by atoms with Crippen molar-refractivity contribution in [2.75, 3.05) is 13.1 Å². The summed E-state index contributed by atoms with van der Waals surface area (Å²) in [6.45, 7) is 0.766. The van der Waals surface area contributed by atoms with Gasteiger partial charge in [-0.3, -0.25) is 0 Å². The SMILES string of the molecule is O=S(=O)(NCC1CCCN1)c1cc(C(F)(F)F)ccc1F. The van der Waals surface area contributed by atoms with E-state index in [2.05, 4.69) is 10.0 Å². The molecule has 4 nitrogen and oxygen atoms in total. The molecule has 0 radical (unpaired) electrons. The first-order valence-electron chi connectivity index (χ1n) is 6.30. The van der Waals surface area contributed by atoms with Crippen molar-refractivity contribution in [3.8, 4) is 0 Å². The Hall–Kier alpha value is -1.19. The second-order valence-electron chi connectivity index (χ2n) is 4.79. The number of benzene rings is 1. The molecule has 0 amide bonds. The average molecular weight is 326 g/mol. The number of halogens is 4. The van der Waals surface area contributed by atoms with Crippen LogP contribution in [0.5, 0.6) is 0 Å². The van der Waals surface area contributed by atoms with Gasteiger partial charge in [-0.25, -0.2) is 17.5 Å². The molecule has 1 aromatic rings. The molecule has 1 fully saturated rings. The van der Waals surface area contributed by atoms with Gasteiger partial charge in [0.15, 0.2) is 0 Å². The molecule has 0 aromatic heterocycles. The zero-order valence-electron chi connectivity index (χ0n) is 10.9. The Labute approximate surface area is 119 Å². The normalized spacial score (nSPS) is 19.9. The molecule has 118 valence electrons. The summed E-state index contributed by atoms with van der Waals surface area (Å²) in [6, 6.07) is 1.23. The molecule has 0 bridgehead atoms. The third-order valence-corrected chi connectivity index (χ3v) is 4.67. The molecule has 1 aliphatic rings. The quantitative estimate of drug-likeness (QED) is 0.831. The summed E-state index contributed by atoms with van der Waals surface area (Å²) in [5, 5.41) is 3.03. The minimum Gasteiger partial charge on any atom is -0.313 e. The highest BCUT2D eigenvalue weighted by atomic mass is 32.2. The van der Waals surface area contributed by atoms with Crippen LogP contribution in [0.2, 0.25) is 0 Å². The Morgan fingerprint density at radius 2 is 2.05 bits per heavy atom. The first-order valence-corrected chi connectivity index (χ1v) is 7.78. The van der Waals surface area contributed by atoms with Crippen LogP contribution in [0.15, 0.2) is 23.1 Å². The Morgan fingerprint density at radius 1 is 1.33 bits per heavy atom. The molecule has 1 aromatic carbocycles. The first-order chi connectivity index (χ1) is 9.70. The van der Waals surface area contributed by atoms with Crippen molar-refractivity contribution in [2.24, 2.45) is 0 Å². The largest absolute Gasteiger partial charge is 0.416 e. The fourth-order valence-corrected chi connectivity index (χ4v) is 3.29. The van der Waals surface area contributed by atoms with Gasteiger partial charge in [0.1, 0.15) is 10.7 Å². The van der Waals surface area contributed by atoms with Gasteiger partial charge in [-0.15, -0.1) is 0 Å². The Bertz CT molecular complexity index is 610. The highest BCUT2D eigenvalue weighted by Crippen LogP contribution is 2.31. The lowest BCUT2D eigenvalue weighted by Crippen LogP contribution is -2.37. The predicted molar refractivity (Wildman–Crippen MR) is 67.6 cm³/mol. The van der Waals surface area contributed by atoms with Crippen LogP contribution in [0, 0.1) is 5.82 Å². The van der Waals surface area contributed by atoms with E-state index in [-0.39, 0.29) is 12.6 Å². The Morgan fingerprint density at radius 3 is 2.62 bits per heavy atom. The zero-order chi connectivity index (χ0) is 15.7. The fraction of sp³-hybridized carbons (Fsp3) is 0.500. The number of hydrogen-bond donors (Lipinski definition) is 2. The van der Waals surface area contributed by atoms with Crippen LogP contribution in [0.4, 0.5) is 17.6 Å². The second kappa shape index (κ2) is 5.90. The predicted octanol–water partition coefficient (Wildman–Crippen LogP) is 1.87. The molecule has 0 saturated carbocycles. The maximum atomic E-state index is 13.6. The third-order valence-electron chi connectivity index (χ3n) is 3.23. The number of alkyl halides is 3. The van der Waals surface area contributed by atoms with Crippen molar-refractivity contribution in [3.05, 3.63) is 29.6 Å². The van der Waals surface area contributed by atoms with Crippen LogP contribution in [-0.2, 0) is 16.2 Å². The van der Waals surface area contributed by atoms with Gasteiger partial charge in [0.2, 0.25) is 10.0 Å². The highest BCUT2D eigenvalue weighted by molar-refractivity contribution is 7.89. The summed E-state index contributed by atoms with van der Waals surface area (Å²) >= 11 is 0. The van der Waals surface area contributed by atoms with E-state index in [1.54, 1.807) is 0 Å². The molecule has 1 aliphatic heterocycles. The molecule has 2 N–H and O–H groups in total. The van der Waals surface area contributed by atoms with E-state index in [0.29, 0.717) is 18.2 Å². The molecular formula is C12H14F4N2O2S. The van der Waals surface area contributed by atoms with E-state index in [9.17, 15) is 26.0 Å². The lowest BCUT2D eigenvalue weighted by atomic mass is 10.2. The van der Waals surface area contributed by atoms with Crippen molar-refractivity contribution >= 4 is 10.0 Å². The van der Waals surface area contributed by atoms with Gasteiger partial charge in [0.25, 0.3) is 0 Å². The molecule has 1 unspecified atom stereocenters. The molecule has 1 atom stereocenters. The van der Waals surface area contributed by atoms with Gasteiger partial charge in [-0.05, 0) is 37.6 Å². The molecule has 2 rings (SSSR count). The van der Waals surface area contributed by atoms with Crippen molar-refractivity contribution in [1.29, 1.82) is 0 Å². The van der Waals surface area contributed by atoms with Gasteiger partial charge in [0.05, 0.1) is 5.56 Å². The topological polar surface area (TPSA) is 58.2 Å². The van der Waals surface area contributed by atoms with Crippen LogP contribution in [0.25, 0.3) is 0 Å². The summed E-state index contributed by atoms with van der Waals surface area (Å²) in [7, 11) is -4.33. The van der Waals surface area contributed by atoms with E-state index in [4.69, 9.17) is 0 Å². The van der Waals surface area contributed by atoms with E-state index < -0.39 is 32.5 Å². The minimum atomic E-state index is -4.73. The van der Waals surface area contributed by atoms with E-state index >= 15 is 0 Å². The van der Waals surface area contributed by atoms with Crippen molar-refractivity contribution in [3.63, 3.8) is 0 Å². The standard InChI is InChI=1S/C12H14F4N2O2S/c13-10-4-3-8(12(14,15)16)6-11(10)21(19,20)18-7-9-2-1-5-17-9/h3-4,6,9,17-18H,1-2,5,7H2. The van der Waals surface area contributed by atoms with Gasteiger partial charge in [0, 0.05) is 12.6 Å². The maximum absolute atomic E-state index is 13.6. The van der Waals surface area contributed by atoms with Crippen LogP contribution in [0.1, 0.15) is 18.4 Å². The van der Waals surface area contributed by atoms with E-state index in [1.165, 1.54) is 0 Å². The van der Waals surface area contributed by atoms with Crippen molar-refractivity contribution in [1.82, 2.24) is 10.0 Å².